The molecule has 2 N–H and O–H groups in total. The number of imidazole rings is 1. The normalized spacial score (nSPS) is 11.1. The smallest absolute Gasteiger partial charge is 0.125 e. The Morgan fingerprint density at radius 3 is 2.89 bits per heavy atom. The van der Waals surface area contributed by atoms with Gasteiger partial charge in [-0.15, -0.1) is 0 Å². The maximum atomic E-state index is 13.4. The number of hydrogen-bond donors (Lipinski definition) is 1. The molecule has 0 bridgehead atoms. The van der Waals surface area contributed by atoms with E-state index in [4.69, 9.17) is 5.73 Å². The number of nitrogens with zero attached hydrogens (tertiary/aromatic N) is 3. The molecule has 0 saturated carbocycles. The molecule has 0 amide bonds. The zero-order valence-corrected chi connectivity index (χ0v) is 10.3. The van der Waals surface area contributed by atoms with Crippen LogP contribution in [0, 0.1) is 5.82 Å². The Hall–Kier alpha value is -2.27. The molecular formula is C14H13FN4. The van der Waals surface area contributed by atoms with Crippen molar-refractivity contribution >= 4 is 11.0 Å². The Morgan fingerprint density at radius 1 is 1.26 bits per heavy atom. The minimum absolute atomic E-state index is 0.281. The molecule has 4 nitrogen and oxygen atoms in total. The quantitative estimate of drug-likeness (QED) is 0.780. The van der Waals surface area contributed by atoms with Crippen LogP contribution in [0.25, 0.3) is 16.7 Å². The molecule has 96 valence electrons. The van der Waals surface area contributed by atoms with Crippen LogP contribution >= 0.6 is 0 Å². The summed E-state index contributed by atoms with van der Waals surface area (Å²) in [7, 11) is 0. The third-order valence-electron chi connectivity index (χ3n) is 2.96. The second kappa shape index (κ2) is 4.78. The standard InChI is InChI=1S/C14H13FN4/c15-10-3-4-12-13(8-10)19(14(18-12)5-6-16)11-2-1-7-17-9-11/h1-4,7-9H,5-6,16H2. The molecule has 0 spiro atoms. The van der Waals surface area contributed by atoms with Crippen molar-refractivity contribution in [1.82, 2.24) is 14.5 Å². The first-order valence-electron chi connectivity index (χ1n) is 6.07. The maximum Gasteiger partial charge on any atom is 0.125 e. The molecule has 1 aromatic carbocycles. The van der Waals surface area contributed by atoms with Crippen molar-refractivity contribution < 1.29 is 4.39 Å². The van der Waals surface area contributed by atoms with Crippen molar-refractivity contribution in [1.29, 1.82) is 0 Å². The summed E-state index contributed by atoms with van der Waals surface area (Å²) < 4.78 is 15.3. The molecule has 3 aromatic rings. The van der Waals surface area contributed by atoms with Gasteiger partial charge in [-0.25, -0.2) is 9.37 Å². The number of halogens is 1. The van der Waals surface area contributed by atoms with Crippen molar-refractivity contribution in [2.45, 2.75) is 6.42 Å². The van der Waals surface area contributed by atoms with E-state index in [2.05, 4.69) is 9.97 Å². The van der Waals surface area contributed by atoms with E-state index in [1.807, 2.05) is 16.7 Å². The fourth-order valence-electron chi connectivity index (χ4n) is 2.17. The summed E-state index contributed by atoms with van der Waals surface area (Å²) in [6, 6.07) is 8.33. The van der Waals surface area contributed by atoms with Crippen LogP contribution in [-0.4, -0.2) is 21.1 Å². The Morgan fingerprint density at radius 2 is 2.16 bits per heavy atom. The van der Waals surface area contributed by atoms with E-state index in [0.717, 1.165) is 22.5 Å². The summed E-state index contributed by atoms with van der Waals surface area (Å²) in [5, 5.41) is 0. The predicted octanol–water partition coefficient (Wildman–Crippen LogP) is 2.06. The van der Waals surface area contributed by atoms with Gasteiger partial charge in [0.15, 0.2) is 0 Å². The third kappa shape index (κ3) is 2.08. The number of nitrogens with two attached hydrogens (primary N) is 1. The van der Waals surface area contributed by atoms with Crippen molar-refractivity contribution in [2.75, 3.05) is 6.54 Å². The fraction of sp³-hybridized carbons (Fsp3) is 0.143. The van der Waals surface area contributed by atoms with E-state index in [9.17, 15) is 4.39 Å². The molecule has 0 aliphatic carbocycles. The lowest BCUT2D eigenvalue weighted by Crippen LogP contribution is -2.09. The van der Waals surface area contributed by atoms with Crippen LogP contribution in [0.1, 0.15) is 5.82 Å². The molecule has 0 saturated heterocycles. The molecule has 2 heterocycles. The Bertz CT molecular complexity index is 706. The first-order chi connectivity index (χ1) is 9.29. The topological polar surface area (TPSA) is 56.7 Å². The summed E-state index contributed by atoms with van der Waals surface area (Å²) >= 11 is 0. The van der Waals surface area contributed by atoms with Crippen LogP contribution in [0.4, 0.5) is 4.39 Å². The Kier molecular flexibility index (Phi) is 2.97. The number of fused-ring (bicyclic) bond motifs is 1. The summed E-state index contributed by atoms with van der Waals surface area (Å²) in [6.45, 7) is 0.492. The van der Waals surface area contributed by atoms with Crippen molar-refractivity contribution in [3.63, 3.8) is 0 Å². The van der Waals surface area contributed by atoms with E-state index in [0.29, 0.717) is 13.0 Å². The van der Waals surface area contributed by atoms with Crippen LogP contribution in [0.5, 0.6) is 0 Å². The monoisotopic (exact) mass is 256 g/mol. The third-order valence-corrected chi connectivity index (χ3v) is 2.96. The highest BCUT2D eigenvalue weighted by atomic mass is 19.1. The second-order valence-corrected chi connectivity index (χ2v) is 4.25. The van der Waals surface area contributed by atoms with Gasteiger partial charge in [-0.2, -0.15) is 0 Å². The molecule has 0 fully saturated rings. The van der Waals surface area contributed by atoms with Gasteiger partial charge in [0.25, 0.3) is 0 Å². The summed E-state index contributed by atoms with van der Waals surface area (Å²) in [5.74, 6) is 0.535. The minimum atomic E-state index is -0.281. The van der Waals surface area contributed by atoms with Gasteiger partial charge in [-0.05, 0) is 30.8 Å². The summed E-state index contributed by atoms with van der Waals surface area (Å²) in [5.41, 5.74) is 7.97. The van der Waals surface area contributed by atoms with Gasteiger partial charge in [0.05, 0.1) is 22.9 Å². The first kappa shape index (κ1) is 11.8. The van der Waals surface area contributed by atoms with Gasteiger partial charge in [0, 0.05) is 18.7 Å². The lowest BCUT2D eigenvalue weighted by atomic mass is 10.3. The van der Waals surface area contributed by atoms with Gasteiger partial charge in [0.2, 0.25) is 0 Å². The SMILES string of the molecule is NCCc1nc2ccc(F)cc2n1-c1cccnc1. The highest BCUT2D eigenvalue weighted by Gasteiger charge is 2.12. The van der Waals surface area contributed by atoms with Gasteiger partial charge in [-0.3, -0.25) is 9.55 Å². The van der Waals surface area contributed by atoms with Crippen LogP contribution in [0.2, 0.25) is 0 Å². The highest BCUT2D eigenvalue weighted by Crippen LogP contribution is 2.22. The number of hydrogen-bond acceptors (Lipinski definition) is 3. The zero-order chi connectivity index (χ0) is 13.2. The number of rotatable bonds is 3. The summed E-state index contributed by atoms with van der Waals surface area (Å²) in [6.07, 6.45) is 4.06. The minimum Gasteiger partial charge on any atom is -0.330 e. The lowest BCUT2D eigenvalue weighted by molar-refractivity contribution is 0.629. The molecule has 0 aliphatic rings. The van der Waals surface area contributed by atoms with Gasteiger partial charge < -0.3 is 5.73 Å². The molecule has 2 aromatic heterocycles. The molecule has 0 aliphatic heterocycles. The average Bonchev–Trinajstić information content (AvgIpc) is 2.77. The van der Waals surface area contributed by atoms with Gasteiger partial charge in [0.1, 0.15) is 11.6 Å². The van der Waals surface area contributed by atoms with E-state index in [-0.39, 0.29) is 5.82 Å². The number of aromatic nitrogens is 3. The molecule has 5 heteroatoms. The van der Waals surface area contributed by atoms with Crippen LogP contribution < -0.4 is 5.73 Å². The van der Waals surface area contributed by atoms with E-state index in [1.54, 1.807) is 18.5 Å². The zero-order valence-electron chi connectivity index (χ0n) is 10.3. The maximum absolute atomic E-state index is 13.4. The Labute approximate surface area is 109 Å². The molecule has 3 rings (SSSR count). The molecule has 0 radical (unpaired) electrons. The lowest BCUT2D eigenvalue weighted by Gasteiger charge is -2.07. The van der Waals surface area contributed by atoms with Crippen molar-refractivity contribution in [2.24, 2.45) is 5.73 Å². The van der Waals surface area contributed by atoms with Gasteiger partial charge >= 0.3 is 0 Å². The van der Waals surface area contributed by atoms with E-state index in [1.165, 1.54) is 12.1 Å². The number of pyridine rings is 1. The molecule has 19 heavy (non-hydrogen) atoms. The van der Waals surface area contributed by atoms with Crippen LogP contribution in [0.15, 0.2) is 42.7 Å². The van der Waals surface area contributed by atoms with Gasteiger partial charge in [-0.1, -0.05) is 0 Å². The number of benzene rings is 1. The van der Waals surface area contributed by atoms with Crippen molar-refractivity contribution in [3.8, 4) is 5.69 Å². The predicted molar refractivity (Wildman–Crippen MR) is 71.6 cm³/mol. The Balaban J connectivity index is 2.30. The van der Waals surface area contributed by atoms with E-state index >= 15 is 0 Å². The summed E-state index contributed by atoms with van der Waals surface area (Å²) in [4.78, 5) is 8.61. The van der Waals surface area contributed by atoms with E-state index < -0.39 is 0 Å². The largest absolute Gasteiger partial charge is 0.330 e. The van der Waals surface area contributed by atoms with Crippen LogP contribution in [0.3, 0.4) is 0 Å². The molecular weight excluding hydrogens is 243 g/mol. The molecule has 0 unspecified atom stereocenters. The first-order valence-corrected chi connectivity index (χ1v) is 6.07. The second-order valence-electron chi connectivity index (χ2n) is 4.25. The highest BCUT2D eigenvalue weighted by molar-refractivity contribution is 5.78. The molecule has 0 atom stereocenters. The van der Waals surface area contributed by atoms with Crippen molar-refractivity contribution in [3.05, 3.63) is 54.4 Å². The van der Waals surface area contributed by atoms with Crippen LogP contribution in [-0.2, 0) is 6.42 Å². The fourth-order valence-corrected chi connectivity index (χ4v) is 2.17. The average molecular weight is 256 g/mol.